The lowest BCUT2D eigenvalue weighted by molar-refractivity contribution is 0.309. The highest BCUT2D eigenvalue weighted by atomic mass is 127. The van der Waals surface area contributed by atoms with E-state index in [-0.39, 0.29) is 24.0 Å². The molecule has 0 spiro atoms. The van der Waals surface area contributed by atoms with Gasteiger partial charge in [0.05, 0.1) is 11.6 Å². The van der Waals surface area contributed by atoms with Gasteiger partial charge in [-0.1, -0.05) is 11.6 Å². The monoisotopic (exact) mass is 427 g/mol. The summed E-state index contributed by atoms with van der Waals surface area (Å²) in [6.07, 6.45) is 1.91. The van der Waals surface area contributed by atoms with Gasteiger partial charge in [0.2, 0.25) is 0 Å². The van der Waals surface area contributed by atoms with Crippen molar-refractivity contribution in [2.24, 2.45) is 12.0 Å². The third-order valence-corrected chi connectivity index (χ3v) is 3.69. The van der Waals surface area contributed by atoms with Crippen LogP contribution in [0.25, 0.3) is 0 Å². The molecule has 1 aromatic heterocycles. The molecule has 0 saturated heterocycles. The Morgan fingerprint density at radius 1 is 1.43 bits per heavy atom. The Bertz CT molecular complexity index is 458. The van der Waals surface area contributed by atoms with Crippen LogP contribution in [0.15, 0.2) is 17.3 Å². The summed E-state index contributed by atoms with van der Waals surface area (Å²) in [6.45, 7) is 3.80. The number of aryl methyl sites for hydroxylation is 1. The fourth-order valence-electron chi connectivity index (χ4n) is 1.85. The van der Waals surface area contributed by atoms with Gasteiger partial charge in [0.15, 0.2) is 5.96 Å². The smallest absolute Gasteiger partial charge is 0.193 e. The molecule has 5 nitrogen and oxygen atoms in total. The highest BCUT2D eigenvalue weighted by molar-refractivity contribution is 14.0. The number of aliphatic imine (C=N–C) groups is 1. The Balaban J connectivity index is 0.00000400. The van der Waals surface area contributed by atoms with Gasteiger partial charge in [-0.15, -0.1) is 24.0 Å². The molecule has 21 heavy (non-hydrogen) atoms. The molecule has 0 aliphatic carbocycles. The zero-order valence-corrected chi connectivity index (χ0v) is 16.8. The molecule has 0 fully saturated rings. The summed E-state index contributed by atoms with van der Waals surface area (Å²) in [5.74, 6) is 0.885. The molecule has 1 unspecified atom stereocenters. The minimum atomic E-state index is 0. The highest BCUT2D eigenvalue weighted by Crippen LogP contribution is 2.14. The van der Waals surface area contributed by atoms with Gasteiger partial charge in [0, 0.05) is 45.6 Å². The van der Waals surface area contributed by atoms with Crippen molar-refractivity contribution in [3.05, 3.63) is 23.0 Å². The van der Waals surface area contributed by atoms with Gasteiger partial charge >= 0.3 is 0 Å². The second-order valence-electron chi connectivity index (χ2n) is 5.36. The highest BCUT2D eigenvalue weighted by Gasteiger charge is 2.11. The van der Waals surface area contributed by atoms with Crippen molar-refractivity contribution in [3.8, 4) is 0 Å². The summed E-state index contributed by atoms with van der Waals surface area (Å²) < 4.78 is 2.04. The maximum absolute atomic E-state index is 6.01. The van der Waals surface area contributed by atoms with Gasteiger partial charge in [-0.25, -0.2) is 0 Å². The van der Waals surface area contributed by atoms with Crippen LogP contribution in [0.1, 0.15) is 12.6 Å². The van der Waals surface area contributed by atoms with E-state index in [1.807, 2.05) is 30.9 Å². The molecule has 0 aromatic carbocycles. The molecular formula is C14H27ClIN5. The van der Waals surface area contributed by atoms with E-state index in [0.29, 0.717) is 6.04 Å². The Morgan fingerprint density at radius 3 is 2.48 bits per heavy atom. The van der Waals surface area contributed by atoms with Crippen LogP contribution in [0.5, 0.6) is 0 Å². The molecule has 1 heterocycles. The molecule has 1 N–H and O–H groups in total. The second kappa shape index (κ2) is 9.53. The van der Waals surface area contributed by atoms with Crippen LogP contribution in [0, 0.1) is 0 Å². The molecule has 0 radical (unpaired) electrons. The fourth-order valence-corrected chi connectivity index (χ4v) is 2.12. The topological polar surface area (TPSA) is 35.8 Å². The minimum Gasteiger partial charge on any atom is -0.355 e. The lowest BCUT2D eigenvalue weighted by atomic mass is 10.3. The largest absolute Gasteiger partial charge is 0.355 e. The molecule has 1 atom stereocenters. The number of hydrogen-bond donors (Lipinski definition) is 1. The lowest BCUT2D eigenvalue weighted by Crippen LogP contribution is -2.44. The standard InChI is InChI=1S/C14H26ClN5.HI/c1-11(18(3)4)8-17-14(16-2)20(6)10-13-7-12(15)9-19(13)5;/h7,9,11H,8,10H2,1-6H3,(H,16,17);1H. The maximum Gasteiger partial charge on any atom is 0.193 e. The zero-order valence-electron chi connectivity index (χ0n) is 13.7. The summed E-state index contributed by atoms with van der Waals surface area (Å²) in [7, 11) is 9.97. The molecule has 1 aromatic rings. The molecule has 1 rings (SSSR count). The van der Waals surface area contributed by atoms with Crippen LogP contribution in [0.3, 0.4) is 0 Å². The number of hydrogen-bond acceptors (Lipinski definition) is 2. The SMILES string of the molecule is CN=C(NCC(C)N(C)C)N(C)Cc1cc(Cl)cn1C.I. The summed E-state index contributed by atoms with van der Waals surface area (Å²) in [5.41, 5.74) is 1.15. The van der Waals surface area contributed by atoms with Crippen LogP contribution in [-0.2, 0) is 13.6 Å². The van der Waals surface area contributed by atoms with E-state index in [9.17, 15) is 0 Å². The van der Waals surface area contributed by atoms with Gasteiger partial charge in [-0.3, -0.25) is 4.99 Å². The number of halogens is 2. The number of rotatable bonds is 5. The molecule has 0 aliphatic rings. The molecular weight excluding hydrogens is 401 g/mol. The van der Waals surface area contributed by atoms with Crippen molar-refractivity contribution in [3.63, 3.8) is 0 Å². The maximum atomic E-state index is 6.01. The fraction of sp³-hybridized carbons (Fsp3) is 0.643. The van der Waals surface area contributed by atoms with Crippen molar-refractivity contribution >= 4 is 41.5 Å². The van der Waals surface area contributed by atoms with Gasteiger partial charge in [-0.2, -0.15) is 0 Å². The normalized spacial score (nSPS) is 13.0. The second-order valence-corrected chi connectivity index (χ2v) is 5.79. The zero-order chi connectivity index (χ0) is 15.3. The summed E-state index contributed by atoms with van der Waals surface area (Å²) in [5, 5.41) is 4.15. The van der Waals surface area contributed by atoms with Gasteiger partial charge in [-0.05, 0) is 27.1 Å². The summed E-state index contributed by atoms with van der Waals surface area (Å²) >= 11 is 6.01. The van der Waals surface area contributed by atoms with Crippen molar-refractivity contribution in [1.82, 2.24) is 19.7 Å². The summed E-state index contributed by atoms with van der Waals surface area (Å²) in [6, 6.07) is 2.43. The van der Waals surface area contributed by atoms with E-state index < -0.39 is 0 Å². The van der Waals surface area contributed by atoms with E-state index in [0.717, 1.165) is 29.8 Å². The number of likely N-dealkylation sites (N-methyl/N-ethyl adjacent to an activating group) is 1. The van der Waals surface area contributed by atoms with Crippen LogP contribution >= 0.6 is 35.6 Å². The average Bonchev–Trinajstić information content (AvgIpc) is 2.68. The number of guanidine groups is 1. The van der Waals surface area contributed by atoms with E-state index in [4.69, 9.17) is 11.6 Å². The van der Waals surface area contributed by atoms with Crippen LogP contribution in [0.2, 0.25) is 5.02 Å². The first-order valence-corrected chi connectivity index (χ1v) is 7.12. The minimum absolute atomic E-state index is 0. The average molecular weight is 428 g/mol. The molecule has 0 aliphatic heterocycles. The van der Waals surface area contributed by atoms with E-state index in [1.165, 1.54) is 0 Å². The van der Waals surface area contributed by atoms with Crippen molar-refractivity contribution in [2.45, 2.75) is 19.5 Å². The first-order chi connectivity index (χ1) is 9.35. The van der Waals surface area contributed by atoms with Gasteiger partial charge in [0.25, 0.3) is 0 Å². The molecule has 0 saturated carbocycles. The summed E-state index contributed by atoms with van der Waals surface area (Å²) in [4.78, 5) is 8.59. The quantitative estimate of drug-likeness (QED) is 0.445. The van der Waals surface area contributed by atoms with E-state index in [2.05, 4.69) is 41.1 Å². The first-order valence-electron chi connectivity index (χ1n) is 6.74. The Labute approximate surface area is 150 Å². The number of nitrogens with one attached hydrogen (secondary N) is 1. The molecule has 7 heteroatoms. The van der Waals surface area contributed by atoms with E-state index in [1.54, 1.807) is 7.05 Å². The Morgan fingerprint density at radius 2 is 2.05 bits per heavy atom. The predicted molar refractivity (Wildman–Crippen MR) is 102 cm³/mol. The van der Waals surface area contributed by atoms with Crippen LogP contribution in [-0.4, -0.2) is 61.1 Å². The Kier molecular flexibility index (Phi) is 9.31. The van der Waals surface area contributed by atoms with Crippen molar-refractivity contribution < 1.29 is 0 Å². The Hall–Kier alpha value is -0.470. The van der Waals surface area contributed by atoms with Gasteiger partial charge < -0.3 is 19.7 Å². The van der Waals surface area contributed by atoms with E-state index >= 15 is 0 Å². The molecule has 0 amide bonds. The van der Waals surface area contributed by atoms with Gasteiger partial charge in [0.1, 0.15) is 0 Å². The van der Waals surface area contributed by atoms with Crippen molar-refractivity contribution in [1.29, 1.82) is 0 Å². The van der Waals surface area contributed by atoms with Crippen molar-refractivity contribution in [2.75, 3.05) is 34.7 Å². The first kappa shape index (κ1) is 20.5. The van der Waals surface area contributed by atoms with Crippen LogP contribution < -0.4 is 5.32 Å². The molecule has 0 bridgehead atoms. The molecule has 122 valence electrons. The lowest BCUT2D eigenvalue weighted by Gasteiger charge is -2.26. The predicted octanol–water partition coefficient (Wildman–Crippen LogP) is 2.25. The van der Waals surface area contributed by atoms with Crippen LogP contribution in [0.4, 0.5) is 0 Å². The number of aromatic nitrogens is 1. The third kappa shape index (κ3) is 6.44. The number of nitrogens with zero attached hydrogens (tertiary/aromatic N) is 4. The third-order valence-electron chi connectivity index (χ3n) is 3.48.